The van der Waals surface area contributed by atoms with Gasteiger partial charge in [-0.25, -0.2) is 0 Å². The SMILES string of the molecule is CCOc1cc(CC)cc(C#N)c1C(C)=O. The third-order valence-corrected chi connectivity index (χ3v) is 2.34. The molecule has 16 heavy (non-hydrogen) atoms. The largest absolute Gasteiger partial charge is 0.493 e. The Labute approximate surface area is 95.7 Å². The molecule has 3 heteroatoms. The topological polar surface area (TPSA) is 50.1 Å². The van der Waals surface area contributed by atoms with Crippen molar-refractivity contribution in [1.82, 2.24) is 0 Å². The van der Waals surface area contributed by atoms with Gasteiger partial charge in [0.1, 0.15) is 11.8 Å². The lowest BCUT2D eigenvalue weighted by molar-refractivity contribution is 0.101. The van der Waals surface area contributed by atoms with Crippen molar-refractivity contribution < 1.29 is 9.53 Å². The number of nitriles is 1. The zero-order valence-electron chi connectivity index (χ0n) is 9.83. The molecule has 1 rings (SSSR count). The number of Topliss-reactive ketones (excluding diaryl/α,β-unsaturated/α-hetero) is 1. The summed E-state index contributed by atoms with van der Waals surface area (Å²) in [5, 5.41) is 9.02. The molecule has 1 aromatic carbocycles. The molecule has 0 amide bonds. The van der Waals surface area contributed by atoms with Crippen LogP contribution in [0.2, 0.25) is 0 Å². The van der Waals surface area contributed by atoms with Gasteiger partial charge in [-0.1, -0.05) is 6.92 Å². The molecule has 0 aliphatic carbocycles. The number of hydrogen-bond acceptors (Lipinski definition) is 3. The van der Waals surface area contributed by atoms with E-state index in [1.54, 1.807) is 6.07 Å². The van der Waals surface area contributed by atoms with Gasteiger partial charge in [-0.2, -0.15) is 5.26 Å². The highest BCUT2D eigenvalue weighted by Gasteiger charge is 2.15. The summed E-state index contributed by atoms with van der Waals surface area (Å²) in [6, 6.07) is 5.63. The van der Waals surface area contributed by atoms with Crippen LogP contribution in [-0.2, 0) is 6.42 Å². The minimum absolute atomic E-state index is 0.136. The monoisotopic (exact) mass is 217 g/mol. The number of benzene rings is 1. The fourth-order valence-electron chi connectivity index (χ4n) is 1.60. The van der Waals surface area contributed by atoms with Crippen molar-refractivity contribution in [2.24, 2.45) is 0 Å². The Morgan fingerprint density at radius 1 is 1.44 bits per heavy atom. The summed E-state index contributed by atoms with van der Waals surface area (Å²) in [4.78, 5) is 11.5. The molecular formula is C13H15NO2. The van der Waals surface area contributed by atoms with E-state index in [0.29, 0.717) is 23.5 Å². The number of ketones is 1. The molecule has 1 aromatic rings. The summed E-state index contributed by atoms with van der Waals surface area (Å²) in [6.07, 6.45) is 0.812. The van der Waals surface area contributed by atoms with Gasteiger partial charge in [-0.15, -0.1) is 0 Å². The second kappa shape index (κ2) is 5.32. The molecule has 0 spiro atoms. The normalized spacial score (nSPS) is 9.62. The Kier molecular flexibility index (Phi) is 4.07. The van der Waals surface area contributed by atoms with Gasteiger partial charge in [-0.3, -0.25) is 4.79 Å². The third-order valence-electron chi connectivity index (χ3n) is 2.34. The van der Waals surface area contributed by atoms with Crippen molar-refractivity contribution in [1.29, 1.82) is 5.26 Å². The number of carbonyl (C=O) groups excluding carboxylic acids is 1. The van der Waals surface area contributed by atoms with Crippen molar-refractivity contribution >= 4 is 5.78 Å². The van der Waals surface area contributed by atoms with E-state index in [1.807, 2.05) is 26.0 Å². The fraction of sp³-hybridized carbons (Fsp3) is 0.385. The van der Waals surface area contributed by atoms with Gasteiger partial charge in [-0.05, 0) is 38.0 Å². The maximum atomic E-state index is 11.5. The predicted octanol–water partition coefficient (Wildman–Crippen LogP) is 2.72. The fourth-order valence-corrected chi connectivity index (χ4v) is 1.60. The molecule has 0 radical (unpaired) electrons. The molecule has 0 aliphatic heterocycles. The van der Waals surface area contributed by atoms with E-state index in [-0.39, 0.29) is 5.78 Å². The summed E-state index contributed by atoms with van der Waals surface area (Å²) in [7, 11) is 0. The Morgan fingerprint density at radius 3 is 2.56 bits per heavy atom. The van der Waals surface area contributed by atoms with Gasteiger partial charge in [0, 0.05) is 0 Å². The summed E-state index contributed by atoms with van der Waals surface area (Å²) >= 11 is 0. The average Bonchev–Trinajstić information content (AvgIpc) is 2.27. The number of hydrogen-bond donors (Lipinski definition) is 0. The number of rotatable bonds is 4. The van der Waals surface area contributed by atoms with Gasteiger partial charge in [0.15, 0.2) is 5.78 Å². The first kappa shape index (κ1) is 12.3. The van der Waals surface area contributed by atoms with Crippen LogP contribution in [0, 0.1) is 11.3 Å². The standard InChI is InChI=1S/C13H15NO2/c1-4-10-6-11(8-14)13(9(3)15)12(7-10)16-5-2/h6-7H,4-5H2,1-3H3. The third kappa shape index (κ3) is 2.40. The smallest absolute Gasteiger partial charge is 0.164 e. The predicted molar refractivity (Wildman–Crippen MR) is 61.7 cm³/mol. The van der Waals surface area contributed by atoms with Crippen LogP contribution in [0.15, 0.2) is 12.1 Å². The lowest BCUT2D eigenvalue weighted by Gasteiger charge is -2.11. The molecule has 0 heterocycles. The lowest BCUT2D eigenvalue weighted by Crippen LogP contribution is -2.04. The van der Waals surface area contributed by atoms with E-state index in [2.05, 4.69) is 0 Å². The number of nitrogens with zero attached hydrogens (tertiary/aromatic N) is 1. The van der Waals surface area contributed by atoms with E-state index in [1.165, 1.54) is 6.92 Å². The van der Waals surface area contributed by atoms with Crippen molar-refractivity contribution in [3.63, 3.8) is 0 Å². The first-order valence-electron chi connectivity index (χ1n) is 5.34. The molecule has 0 bridgehead atoms. The molecule has 0 atom stereocenters. The molecule has 0 N–H and O–H groups in total. The van der Waals surface area contributed by atoms with Gasteiger partial charge in [0.25, 0.3) is 0 Å². The van der Waals surface area contributed by atoms with Crippen LogP contribution in [-0.4, -0.2) is 12.4 Å². The molecule has 0 unspecified atom stereocenters. The molecule has 0 aliphatic rings. The van der Waals surface area contributed by atoms with Gasteiger partial charge < -0.3 is 4.74 Å². The number of aryl methyl sites for hydroxylation is 1. The molecule has 0 saturated carbocycles. The molecule has 84 valence electrons. The van der Waals surface area contributed by atoms with Gasteiger partial charge in [0.2, 0.25) is 0 Å². The van der Waals surface area contributed by atoms with E-state index in [0.717, 1.165) is 12.0 Å². The quantitative estimate of drug-likeness (QED) is 0.728. The summed E-state index contributed by atoms with van der Waals surface area (Å²) in [6.45, 7) is 5.79. The maximum Gasteiger partial charge on any atom is 0.164 e. The van der Waals surface area contributed by atoms with Gasteiger partial charge >= 0.3 is 0 Å². The van der Waals surface area contributed by atoms with Crippen LogP contribution in [0.1, 0.15) is 42.3 Å². The van der Waals surface area contributed by atoms with Crippen LogP contribution >= 0.6 is 0 Å². The Hall–Kier alpha value is -1.82. The highest BCUT2D eigenvalue weighted by molar-refractivity contribution is 5.99. The van der Waals surface area contributed by atoms with E-state index in [4.69, 9.17) is 10.00 Å². The highest BCUT2D eigenvalue weighted by Crippen LogP contribution is 2.25. The van der Waals surface area contributed by atoms with Crippen molar-refractivity contribution in [2.45, 2.75) is 27.2 Å². The average molecular weight is 217 g/mol. The molecule has 0 aromatic heterocycles. The molecule has 0 saturated heterocycles. The summed E-state index contributed by atoms with van der Waals surface area (Å²) < 4.78 is 5.41. The number of ether oxygens (including phenoxy) is 1. The lowest BCUT2D eigenvalue weighted by atomic mass is 9.99. The molecular weight excluding hydrogens is 202 g/mol. The van der Waals surface area contributed by atoms with Crippen LogP contribution in [0.4, 0.5) is 0 Å². The van der Waals surface area contributed by atoms with Crippen LogP contribution in [0.25, 0.3) is 0 Å². The minimum Gasteiger partial charge on any atom is -0.493 e. The Bertz CT molecular complexity index is 444. The van der Waals surface area contributed by atoms with Crippen LogP contribution < -0.4 is 4.74 Å². The van der Waals surface area contributed by atoms with Gasteiger partial charge in [0.05, 0.1) is 17.7 Å². The van der Waals surface area contributed by atoms with Crippen LogP contribution in [0.5, 0.6) is 5.75 Å². The first-order chi connectivity index (χ1) is 7.63. The molecule has 3 nitrogen and oxygen atoms in total. The van der Waals surface area contributed by atoms with Crippen LogP contribution in [0.3, 0.4) is 0 Å². The van der Waals surface area contributed by atoms with Crippen molar-refractivity contribution in [3.05, 3.63) is 28.8 Å². The highest BCUT2D eigenvalue weighted by atomic mass is 16.5. The Balaban J connectivity index is 3.42. The second-order valence-corrected chi connectivity index (χ2v) is 3.47. The minimum atomic E-state index is -0.136. The zero-order valence-corrected chi connectivity index (χ0v) is 9.83. The summed E-state index contributed by atoms with van der Waals surface area (Å²) in [5.74, 6) is 0.383. The zero-order chi connectivity index (χ0) is 12.1. The van der Waals surface area contributed by atoms with Crippen molar-refractivity contribution in [2.75, 3.05) is 6.61 Å². The maximum absolute atomic E-state index is 11.5. The summed E-state index contributed by atoms with van der Waals surface area (Å²) in [5.41, 5.74) is 1.79. The Morgan fingerprint density at radius 2 is 2.12 bits per heavy atom. The van der Waals surface area contributed by atoms with E-state index < -0.39 is 0 Å². The van der Waals surface area contributed by atoms with E-state index in [9.17, 15) is 4.79 Å². The first-order valence-corrected chi connectivity index (χ1v) is 5.34. The van der Waals surface area contributed by atoms with E-state index >= 15 is 0 Å². The number of carbonyl (C=O) groups is 1. The molecule has 0 fully saturated rings. The van der Waals surface area contributed by atoms with Crippen molar-refractivity contribution in [3.8, 4) is 11.8 Å². The second-order valence-electron chi connectivity index (χ2n) is 3.47.